The number of ether oxygens (including phenoxy) is 2. The molecule has 0 amide bonds. The van der Waals surface area contributed by atoms with Crippen molar-refractivity contribution in [2.24, 2.45) is 0 Å². The van der Waals surface area contributed by atoms with Crippen LogP contribution < -0.4 is 0 Å². The first-order valence-corrected chi connectivity index (χ1v) is 6.33. The quantitative estimate of drug-likeness (QED) is 0.380. The number of rotatable bonds is 8. The van der Waals surface area contributed by atoms with Crippen molar-refractivity contribution in [1.82, 2.24) is 0 Å². The first-order chi connectivity index (χ1) is 8.35. The van der Waals surface area contributed by atoms with Crippen LogP contribution >= 0.6 is 0 Å². The van der Waals surface area contributed by atoms with E-state index >= 15 is 0 Å². The average molecular weight is 256 g/mol. The summed E-state index contributed by atoms with van der Waals surface area (Å²) in [6, 6.07) is 0. The molecule has 0 saturated heterocycles. The molecule has 104 valence electrons. The fraction of sp³-hybridized carbons (Fsp3) is 0.714. The van der Waals surface area contributed by atoms with Crippen LogP contribution in [0.5, 0.6) is 0 Å². The predicted molar refractivity (Wildman–Crippen MR) is 70.1 cm³/mol. The molecule has 0 rings (SSSR count). The minimum absolute atomic E-state index is 0.184. The van der Waals surface area contributed by atoms with Crippen LogP contribution in [0.1, 0.15) is 52.9 Å². The van der Waals surface area contributed by atoms with Crippen LogP contribution in [0.15, 0.2) is 12.7 Å². The summed E-state index contributed by atoms with van der Waals surface area (Å²) in [5, 5.41) is 0. The van der Waals surface area contributed by atoms with Crippen molar-refractivity contribution in [3.63, 3.8) is 0 Å². The van der Waals surface area contributed by atoms with Gasteiger partial charge in [-0.2, -0.15) is 0 Å². The lowest BCUT2D eigenvalue weighted by atomic mass is 10.1. The molecule has 4 heteroatoms. The summed E-state index contributed by atoms with van der Waals surface area (Å²) in [6.45, 7) is 9.27. The van der Waals surface area contributed by atoms with E-state index in [2.05, 4.69) is 6.58 Å². The molecule has 0 aromatic rings. The predicted octanol–water partition coefficient (Wildman–Crippen LogP) is 3.01. The third-order valence-corrected chi connectivity index (χ3v) is 2.04. The normalized spacial score (nSPS) is 10.8. The molecule has 0 aliphatic carbocycles. The molecule has 0 N–H and O–H groups in total. The summed E-state index contributed by atoms with van der Waals surface area (Å²) in [5.74, 6) is -0.399. The summed E-state index contributed by atoms with van der Waals surface area (Å²) in [7, 11) is 0. The maximum absolute atomic E-state index is 11.4. The summed E-state index contributed by atoms with van der Waals surface area (Å²) in [6.07, 6.45) is 4.63. The van der Waals surface area contributed by atoms with E-state index in [4.69, 9.17) is 9.47 Å². The first kappa shape index (κ1) is 16.7. The number of hydrogen-bond acceptors (Lipinski definition) is 4. The van der Waals surface area contributed by atoms with Crippen LogP contribution in [0.2, 0.25) is 0 Å². The third kappa shape index (κ3) is 11.2. The molecule has 0 aliphatic heterocycles. The van der Waals surface area contributed by atoms with Crippen molar-refractivity contribution in [3.8, 4) is 0 Å². The summed E-state index contributed by atoms with van der Waals surface area (Å²) in [5.41, 5.74) is -0.425. The van der Waals surface area contributed by atoms with Gasteiger partial charge < -0.3 is 9.47 Å². The highest BCUT2D eigenvalue weighted by Crippen LogP contribution is 2.11. The monoisotopic (exact) mass is 256 g/mol. The standard InChI is InChI=1S/C14H24O4/c1-5-11-17-12(15)9-7-6-8-10-13(16)18-14(2,3)4/h5H,1,6-11H2,2-4H3. The Kier molecular flexibility index (Phi) is 8.08. The van der Waals surface area contributed by atoms with Gasteiger partial charge in [0.15, 0.2) is 0 Å². The SMILES string of the molecule is C=CCOC(=O)CCCCCC(=O)OC(C)(C)C. The fourth-order valence-electron chi connectivity index (χ4n) is 1.33. The van der Waals surface area contributed by atoms with Crippen LogP contribution in [0.4, 0.5) is 0 Å². The van der Waals surface area contributed by atoms with Crippen molar-refractivity contribution in [1.29, 1.82) is 0 Å². The highest BCUT2D eigenvalue weighted by Gasteiger charge is 2.15. The molecule has 0 aliphatic rings. The molecule has 0 bridgehead atoms. The number of hydrogen-bond donors (Lipinski definition) is 0. The minimum Gasteiger partial charge on any atom is -0.461 e. The molecule has 0 saturated carbocycles. The Bertz CT molecular complexity index is 276. The van der Waals surface area contributed by atoms with Crippen molar-refractivity contribution in [3.05, 3.63) is 12.7 Å². The first-order valence-electron chi connectivity index (χ1n) is 6.33. The minimum atomic E-state index is -0.425. The lowest BCUT2D eigenvalue weighted by Crippen LogP contribution is -2.23. The van der Waals surface area contributed by atoms with Gasteiger partial charge in [-0.05, 0) is 33.6 Å². The van der Waals surface area contributed by atoms with E-state index in [9.17, 15) is 9.59 Å². The third-order valence-electron chi connectivity index (χ3n) is 2.04. The molecule has 0 unspecified atom stereocenters. The van der Waals surface area contributed by atoms with Gasteiger partial charge in [-0.1, -0.05) is 19.1 Å². The molecule has 0 radical (unpaired) electrons. The van der Waals surface area contributed by atoms with Crippen LogP contribution in [0, 0.1) is 0 Å². The highest BCUT2D eigenvalue weighted by atomic mass is 16.6. The average Bonchev–Trinajstić information content (AvgIpc) is 2.23. The van der Waals surface area contributed by atoms with Crippen molar-refractivity contribution >= 4 is 11.9 Å². The van der Waals surface area contributed by atoms with Crippen LogP contribution in [0.25, 0.3) is 0 Å². The van der Waals surface area contributed by atoms with E-state index in [1.807, 2.05) is 20.8 Å². The molecule has 0 heterocycles. The Morgan fingerprint density at radius 2 is 1.61 bits per heavy atom. The van der Waals surface area contributed by atoms with E-state index in [0.29, 0.717) is 12.8 Å². The van der Waals surface area contributed by atoms with Crippen LogP contribution in [0.3, 0.4) is 0 Å². The van der Waals surface area contributed by atoms with Gasteiger partial charge >= 0.3 is 11.9 Å². The number of esters is 2. The lowest BCUT2D eigenvalue weighted by molar-refractivity contribution is -0.154. The van der Waals surface area contributed by atoms with Crippen molar-refractivity contribution in [2.45, 2.75) is 58.5 Å². The van der Waals surface area contributed by atoms with Crippen LogP contribution in [-0.4, -0.2) is 24.1 Å². The van der Waals surface area contributed by atoms with Crippen molar-refractivity contribution < 1.29 is 19.1 Å². The Balaban J connectivity index is 3.48. The van der Waals surface area contributed by atoms with E-state index in [1.165, 1.54) is 0 Å². The molecular weight excluding hydrogens is 232 g/mol. The van der Waals surface area contributed by atoms with Gasteiger partial charge in [0.25, 0.3) is 0 Å². The lowest BCUT2D eigenvalue weighted by Gasteiger charge is -2.19. The van der Waals surface area contributed by atoms with Gasteiger partial charge in [0.2, 0.25) is 0 Å². The zero-order valence-corrected chi connectivity index (χ0v) is 11.7. The summed E-state index contributed by atoms with van der Waals surface area (Å²) >= 11 is 0. The van der Waals surface area contributed by atoms with E-state index in [0.717, 1.165) is 19.3 Å². The van der Waals surface area contributed by atoms with Gasteiger partial charge in [0, 0.05) is 12.8 Å². The molecule has 4 nitrogen and oxygen atoms in total. The van der Waals surface area contributed by atoms with Crippen LogP contribution in [-0.2, 0) is 19.1 Å². The maximum Gasteiger partial charge on any atom is 0.306 e. The molecular formula is C14H24O4. The van der Waals surface area contributed by atoms with Gasteiger partial charge in [0.05, 0.1) is 0 Å². The second kappa shape index (κ2) is 8.72. The molecule has 0 spiro atoms. The molecule has 0 aromatic carbocycles. The molecule has 0 aromatic heterocycles. The highest BCUT2D eigenvalue weighted by molar-refractivity contribution is 5.70. The second-order valence-corrected chi connectivity index (χ2v) is 5.12. The zero-order valence-electron chi connectivity index (χ0n) is 11.7. The molecule has 18 heavy (non-hydrogen) atoms. The Morgan fingerprint density at radius 3 is 2.11 bits per heavy atom. The van der Waals surface area contributed by atoms with Gasteiger partial charge in [-0.15, -0.1) is 0 Å². The smallest absolute Gasteiger partial charge is 0.306 e. The summed E-state index contributed by atoms with van der Waals surface area (Å²) in [4.78, 5) is 22.5. The zero-order chi connectivity index (χ0) is 14.0. The Labute approximate surface area is 109 Å². The van der Waals surface area contributed by atoms with E-state index in [-0.39, 0.29) is 18.5 Å². The fourth-order valence-corrected chi connectivity index (χ4v) is 1.33. The number of carbonyl (C=O) groups is 2. The number of carbonyl (C=O) groups excluding carboxylic acids is 2. The van der Waals surface area contributed by atoms with Crippen molar-refractivity contribution in [2.75, 3.05) is 6.61 Å². The Morgan fingerprint density at radius 1 is 1.06 bits per heavy atom. The van der Waals surface area contributed by atoms with Gasteiger partial charge in [-0.25, -0.2) is 0 Å². The summed E-state index contributed by atoms with van der Waals surface area (Å²) < 4.78 is 10.0. The van der Waals surface area contributed by atoms with E-state index < -0.39 is 5.60 Å². The van der Waals surface area contributed by atoms with Gasteiger partial charge in [-0.3, -0.25) is 9.59 Å². The largest absolute Gasteiger partial charge is 0.461 e. The molecule has 0 atom stereocenters. The van der Waals surface area contributed by atoms with E-state index in [1.54, 1.807) is 6.08 Å². The second-order valence-electron chi connectivity index (χ2n) is 5.12. The topological polar surface area (TPSA) is 52.6 Å². The maximum atomic E-state index is 11.4. The van der Waals surface area contributed by atoms with Gasteiger partial charge in [0.1, 0.15) is 12.2 Å². The number of unbranched alkanes of at least 4 members (excludes halogenated alkanes) is 2. The Hall–Kier alpha value is -1.32. The molecule has 0 fully saturated rings.